The monoisotopic (exact) mass is 885 g/mol. The summed E-state index contributed by atoms with van der Waals surface area (Å²) in [5.74, 6) is -2.76. The number of ether oxygens (including phenoxy) is 2. The van der Waals surface area contributed by atoms with E-state index in [1.807, 2.05) is 44.2 Å². The molecule has 4 fully saturated rings. The summed E-state index contributed by atoms with van der Waals surface area (Å²) in [6, 6.07) is 15.0. The van der Waals surface area contributed by atoms with E-state index in [2.05, 4.69) is 25.6 Å². The number of likely N-dealkylation sites (tertiary alicyclic amines) is 2. The Kier molecular flexibility index (Phi) is 10.2. The maximum absolute atomic E-state index is 16.7. The van der Waals surface area contributed by atoms with E-state index in [4.69, 9.17) is 14.5 Å². The molecule has 65 heavy (non-hydrogen) atoms. The lowest BCUT2D eigenvalue weighted by Crippen LogP contribution is -2.51. The van der Waals surface area contributed by atoms with E-state index in [0.29, 0.717) is 69.2 Å². The number of rotatable bonds is 10. The number of nitrogens with zero attached hydrogens (tertiary/aromatic N) is 5. The Bertz CT molecular complexity index is 2810. The van der Waals surface area contributed by atoms with Crippen molar-refractivity contribution in [2.75, 3.05) is 20.8 Å². The molecule has 0 radical (unpaired) electrons. The fraction of sp³-hybridized carbons (Fsp3) is 0.438. The molecule has 2 bridgehead atoms. The molecule has 5 aliphatic rings. The molecule has 2 saturated carbocycles. The molecule has 4 heterocycles. The summed E-state index contributed by atoms with van der Waals surface area (Å²) in [5.41, 5.74) is 4.42. The van der Waals surface area contributed by atoms with Gasteiger partial charge in [0, 0.05) is 29.3 Å². The van der Waals surface area contributed by atoms with Gasteiger partial charge >= 0.3 is 12.2 Å². The second kappa shape index (κ2) is 15.7. The second-order valence-corrected chi connectivity index (χ2v) is 18.6. The van der Waals surface area contributed by atoms with E-state index in [-0.39, 0.29) is 64.7 Å². The van der Waals surface area contributed by atoms with E-state index >= 15 is 8.78 Å². The van der Waals surface area contributed by atoms with E-state index in [0.717, 1.165) is 32.1 Å². The van der Waals surface area contributed by atoms with Crippen LogP contribution in [0.3, 0.4) is 0 Å². The van der Waals surface area contributed by atoms with Gasteiger partial charge in [-0.1, -0.05) is 44.2 Å². The van der Waals surface area contributed by atoms with E-state index in [1.165, 1.54) is 20.3 Å². The maximum atomic E-state index is 16.7. The van der Waals surface area contributed by atoms with Crippen LogP contribution >= 0.6 is 0 Å². The molecule has 2 aromatic heterocycles. The first-order valence-corrected chi connectivity index (χ1v) is 22.1. The molecule has 3 aromatic carbocycles. The number of fused-ring (bicyclic) bond motifs is 6. The zero-order chi connectivity index (χ0) is 45.5. The highest BCUT2D eigenvalue weighted by molar-refractivity contribution is 5.89. The molecular weight excluding hydrogens is 837 g/mol. The van der Waals surface area contributed by atoms with Crippen molar-refractivity contribution in [1.29, 1.82) is 5.26 Å². The fourth-order valence-electron chi connectivity index (χ4n) is 10.9. The van der Waals surface area contributed by atoms with Crippen molar-refractivity contribution in [1.82, 2.24) is 40.4 Å². The fourth-order valence-corrected chi connectivity index (χ4v) is 10.9. The molecule has 6 unspecified atom stereocenters. The molecule has 2 saturated heterocycles. The molecule has 5 aromatic rings. The Hall–Kier alpha value is -6.83. The number of piperidine rings is 1. The number of alkyl halides is 2. The lowest BCUT2D eigenvalue weighted by Gasteiger charge is -2.36. The van der Waals surface area contributed by atoms with Gasteiger partial charge in [0.1, 0.15) is 23.7 Å². The number of imidazole rings is 2. The van der Waals surface area contributed by atoms with Crippen LogP contribution in [0, 0.1) is 28.6 Å². The van der Waals surface area contributed by atoms with E-state index in [1.54, 1.807) is 40.3 Å². The molecule has 2 aliphatic heterocycles. The molecule has 4 N–H and O–H groups in total. The Balaban J connectivity index is 0.895. The first-order chi connectivity index (χ1) is 31.2. The number of nitrogens with one attached hydrogen (secondary N) is 4. The number of carbonyl (C=O) groups excluding carboxylic acids is 4. The average Bonchev–Trinajstić information content (AvgIpc) is 3.96. The van der Waals surface area contributed by atoms with Crippen molar-refractivity contribution < 1.29 is 37.4 Å². The number of halogens is 2. The molecule has 6 atom stereocenters. The van der Waals surface area contributed by atoms with Crippen LogP contribution in [0.1, 0.15) is 93.7 Å². The average molecular weight is 886 g/mol. The third kappa shape index (κ3) is 7.13. The molecule has 15 nitrogen and oxygen atoms in total. The number of amides is 4. The minimum Gasteiger partial charge on any atom is -0.453 e. The number of carbonyl (C=O) groups is 4. The topological polar surface area (TPSA) is 198 Å². The van der Waals surface area contributed by atoms with Gasteiger partial charge in [0.25, 0.3) is 5.92 Å². The van der Waals surface area contributed by atoms with Crippen LogP contribution in [0.5, 0.6) is 0 Å². The van der Waals surface area contributed by atoms with Crippen molar-refractivity contribution in [2.45, 2.75) is 94.9 Å². The molecule has 10 rings (SSSR count). The number of methoxy groups -OCH3 is 2. The van der Waals surface area contributed by atoms with E-state index < -0.39 is 30.2 Å². The van der Waals surface area contributed by atoms with Crippen molar-refractivity contribution in [2.24, 2.45) is 17.3 Å². The van der Waals surface area contributed by atoms with E-state index in [9.17, 15) is 24.4 Å². The number of alkyl carbamates (subject to hydrolysis) is 2. The summed E-state index contributed by atoms with van der Waals surface area (Å²) in [7, 11) is 2.46. The summed E-state index contributed by atoms with van der Waals surface area (Å²) >= 11 is 0. The highest BCUT2D eigenvalue weighted by Crippen LogP contribution is 2.59. The third-order valence-electron chi connectivity index (χ3n) is 14.4. The van der Waals surface area contributed by atoms with Crippen LogP contribution in [0.4, 0.5) is 18.4 Å². The number of hydrogen-bond donors (Lipinski definition) is 4. The molecule has 3 aliphatic carbocycles. The van der Waals surface area contributed by atoms with Gasteiger partial charge in [-0.15, -0.1) is 0 Å². The van der Waals surface area contributed by atoms with Gasteiger partial charge in [0.2, 0.25) is 11.8 Å². The standard InChI is InChI=1S/C48H49F2N9O6/c1-24(2)39(57-46(63)65-4)44(61)58-23-47(14-15-47)21-38(58)41-52-22-37(55-41)27-7-11-31-30-10-6-25(18-32(30)48(49,50)33(31)19-27)26-8-12-34-36(20-26)54-42(53-34)40-28-5-9-29(17-28)59(40)43(60)35(13-16-51)56-45(62)64-3/h6-8,10-12,18-20,22,24,28-29,35,38-40H,5,9,13-15,17,21,23H2,1-4H3,(H,52,55)(H,53,54)(H,56,62)(H,57,63). The quantitative estimate of drug-likeness (QED) is 0.108. The Morgan fingerprint density at radius 2 is 1.57 bits per heavy atom. The van der Waals surface area contributed by atoms with Gasteiger partial charge in [-0.25, -0.2) is 19.6 Å². The smallest absolute Gasteiger partial charge is 0.407 e. The zero-order valence-electron chi connectivity index (χ0n) is 36.4. The molecule has 336 valence electrons. The van der Waals surface area contributed by atoms with Crippen molar-refractivity contribution in [3.05, 3.63) is 83.6 Å². The summed E-state index contributed by atoms with van der Waals surface area (Å²) in [4.78, 5) is 71.9. The molecule has 4 amide bonds. The van der Waals surface area contributed by atoms with Gasteiger partial charge in [-0.2, -0.15) is 14.0 Å². The first-order valence-electron chi connectivity index (χ1n) is 22.1. The number of aromatic amines is 2. The number of aromatic nitrogens is 4. The molecular formula is C48H49F2N9O6. The van der Waals surface area contributed by atoms with Gasteiger partial charge in [0.05, 0.1) is 61.7 Å². The normalized spacial score (nSPS) is 22.7. The number of nitriles is 1. The summed E-state index contributed by atoms with van der Waals surface area (Å²) in [5, 5.41) is 14.6. The number of benzene rings is 3. The summed E-state index contributed by atoms with van der Waals surface area (Å²) in [6.45, 7) is 4.28. The lowest BCUT2D eigenvalue weighted by molar-refractivity contribution is -0.138. The Morgan fingerprint density at radius 1 is 0.892 bits per heavy atom. The minimum atomic E-state index is -3.31. The van der Waals surface area contributed by atoms with Gasteiger partial charge in [-0.05, 0) is 102 Å². The van der Waals surface area contributed by atoms with Crippen LogP contribution in [-0.4, -0.2) is 92.6 Å². The highest BCUT2D eigenvalue weighted by Gasteiger charge is 2.56. The SMILES string of the molecule is COC(=O)NC(CC#N)C(=O)N1C2CCC(C2)C1c1nc2ccc(-c3ccc4c(c3)C(F)(F)c3cc(-c5cnc(C6CC7(CC7)CN6C(=O)C(NC(=O)OC)C(C)C)[nH]5)ccc3-4)cc2[nH]1. The predicted octanol–water partition coefficient (Wildman–Crippen LogP) is 7.86. The predicted molar refractivity (Wildman–Crippen MR) is 233 cm³/mol. The van der Waals surface area contributed by atoms with Crippen molar-refractivity contribution >= 4 is 35.0 Å². The molecule has 1 spiro atoms. The molecule has 17 heteroatoms. The lowest BCUT2D eigenvalue weighted by atomic mass is 9.97. The zero-order valence-corrected chi connectivity index (χ0v) is 36.4. The van der Waals surface area contributed by atoms with Crippen LogP contribution in [0.2, 0.25) is 0 Å². The minimum absolute atomic E-state index is 0.00269. The van der Waals surface area contributed by atoms with Gasteiger partial charge < -0.3 is 39.9 Å². The van der Waals surface area contributed by atoms with Crippen LogP contribution < -0.4 is 10.6 Å². The van der Waals surface area contributed by atoms with Crippen LogP contribution in [-0.2, 0) is 25.0 Å². The van der Waals surface area contributed by atoms with Gasteiger partial charge in [-0.3, -0.25) is 9.59 Å². The second-order valence-electron chi connectivity index (χ2n) is 18.6. The Morgan fingerprint density at radius 3 is 2.26 bits per heavy atom. The maximum Gasteiger partial charge on any atom is 0.407 e. The first kappa shape index (κ1) is 42.1. The Labute approximate surface area is 373 Å². The highest BCUT2D eigenvalue weighted by atomic mass is 19.3. The van der Waals surface area contributed by atoms with Crippen LogP contribution in [0.25, 0.3) is 44.5 Å². The summed E-state index contributed by atoms with van der Waals surface area (Å²) < 4.78 is 42.8. The number of hydrogen-bond acceptors (Lipinski definition) is 9. The van der Waals surface area contributed by atoms with Gasteiger partial charge in [0.15, 0.2) is 0 Å². The van der Waals surface area contributed by atoms with Crippen molar-refractivity contribution in [3.63, 3.8) is 0 Å². The largest absolute Gasteiger partial charge is 0.453 e. The third-order valence-corrected chi connectivity index (χ3v) is 14.4. The summed E-state index contributed by atoms with van der Waals surface area (Å²) in [6.07, 6.45) is 5.15. The number of H-pyrrole nitrogens is 2. The van der Waals surface area contributed by atoms with Crippen molar-refractivity contribution in [3.8, 4) is 39.6 Å². The van der Waals surface area contributed by atoms with Crippen LogP contribution in [0.15, 0.2) is 60.8 Å².